The highest BCUT2D eigenvalue weighted by molar-refractivity contribution is 7.99. The van der Waals surface area contributed by atoms with Crippen LogP contribution in [0.3, 0.4) is 0 Å². The molecule has 0 radical (unpaired) electrons. The number of thioether (sulfide) groups is 1. The summed E-state index contributed by atoms with van der Waals surface area (Å²) < 4.78 is 0. The summed E-state index contributed by atoms with van der Waals surface area (Å²) in [6, 6.07) is 5.65. The van der Waals surface area contributed by atoms with Gasteiger partial charge in [-0.25, -0.2) is 0 Å². The first kappa shape index (κ1) is 19.1. The van der Waals surface area contributed by atoms with E-state index in [2.05, 4.69) is 19.0 Å². The third-order valence-electron chi connectivity index (χ3n) is 4.59. The third-order valence-corrected chi connectivity index (χ3v) is 6.37. The van der Waals surface area contributed by atoms with Gasteiger partial charge in [0.1, 0.15) is 0 Å². The molecule has 1 aromatic carbocycles. The van der Waals surface area contributed by atoms with Crippen LogP contribution in [0.1, 0.15) is 37.7 Å². The predicted octanol–water partition coefficient (Wildman–Crippen LogP) is 5.06. The van der Waals surface area contributed by atoms with E-state index >= 15 is 0 Å². The monoisotopic (exact) mass is 373 g/mol. The zero-order valence-electron chi connectivity index (χ0n) is 13.9. The van der Waals surface area contributed by atoms with E-state index in [1.807, 2.05) is 12.1 Å². The van der Waals surface area contributed by atoms with Crippen molar-refractivity contribution in [2.24, 2.45) is 0 Å². The van der Waals surface area contributed by atoms with E-state index < -0.39 is 0 Å². The number of benzene rings is 1. The Hall–Kier alpha value is -0.220. The Labute approximate surface area is 153 Å². The molecule has 1 fully saturated rings. The number of hydrogen-bond donors (Lipinski definition) is 0. The van der Waals surface area contributed by atoms with Crippen LogP contribution < -0.4 is 0 Å². The number of carbonyl (C=O) groups excluding carboxylic acids is 1. The van der Waals surface area contributed by atoms with Gasteiger partial charge in [0.05, 0.1) is 21.2 Å². The number of halogens is 2. The maximum absolute atomic E-state index is 12.8. The summed E-state index contributed by atoms with van der Waals surface area (Å²) in [5, 5.41) is 1.09. The lowest BCUT2D eigenvalue weighted by Crippen LogP contribution is -2.43. The summed E-state index contributed by atoms with van der Waals surface area (Å²) in [6.45, 7) is 1.11. The molecule has 0 heterocycles. The highest BCUT2D eigenvalue weighted by atomic mass is 35.5. The van der Waals surface area contributed by atoms with Gasteiger partial charge in [-0.3, -0.25) is 4.79 Å². The van der Waals surface area contributed by atoms with Gasteiger partial charge < -0.3 is 4.90 Å². The van der Waals surface area contributed by atoms with Gasteiger partial charge in [0.25, 0.3) is 0 Å². The summed E-state index contributed by atoms with van der Waals surface area (Å²) in [7, 11) is 4.18. The Morgan fingerprint density at radius 1 is 1.22 bits per heavy atom. The van der Waals surface area contributed by atoms with Gasteiger partial charge in [0, 0.05) is 0 Å². The first-order valence-corrected chi connectivity index (χ1v) is 10.1. The van der Waals surface area contributed by atoms with E-state index in [0.29, 0.717) is 21.6 Å². The summed E-state index contributed by atoms with van der Waals surface area (Å²) in [4.78, 5) is 15.0. The molecule has 0 unspecified atom stereocenters. The lowest BCUT2D eigenvalue weighted by Gasteiger charge is -2.41. The Morgan fingerprint density at radius 3 is 2.52 bits per heavy atom. The molecule has 1 aliphatic rings. The fraction of sp³-hybridized carbons (Fsp3) is 0.611. The summed E-state index contributed by atoms with van der Waals surface area (Å²) in [6.07, 6.45) is 5.33. The first-order valence-electron chi connectivity index (χ1n) is 8.17. The molecule has 128 valence electrons. The molecule has 0 amide bonds. The lowest BCUT2D eigenvalue weighted by atomic mass is 9.62. The minimum Gasteiger partial charge on any atom is -0.309 e. The van der Waals surface area contributed by atoms with E-state index in [9.17, 15) is 4.79 Å². The number of nitrogens with zero attached hydrogens (tertiary/aromatic N) is 1. The molecule has 1 saturated carbocycles. The zero-order chi connectivity index (χ0) is 16.9. The van der Waals surface area contributed by atoms with Crippen molar-refractivity contribution in [2.45, 2.75) is 37.5 Å². The van der Waals surface area contributed by atoms with Gasteiger partial charge in [-0.2, -0.15) is 11.8 Å². The highest BCUT2D eigenvalue weighted by Crippen LogP contribution is 2.46. The topological polar surface area (TPSA) is 20.3 Å². The zero-order valence-corrected chi connectivity index (χ0v) is 16.2. The van der Waals surface area contributed by atoms with Gasteiger partial charge in [0.2, 0.25) is 0 Å². The fourth-order valence-corrected chi connectivity index (χ4v) is 4.30. The standard InChI is InChI=1S/C18H25Cl2NOS/c1-21(2)10-3-4-11-23-13-17(22)18(8-5-9-18)14-6-7-15(19)16(20)12-14/h6-7,12H,3-5,8-11,13H2,1-2H3. The molecule has 2 nitrogen and oxygen atoms in total. The van der Waals surface area contributed by atoms with Crippen molar-refractivity contribution in [3.8, 4) is 0 Å². The number of rotatable bonds is 9. The van der Waals surface area contributed by atoms with E-state index in [0.717, 1.165) is 43.5 Å². The van der Waals surface area contributed by atoms with Crippen molar-refractivity contribution in [1.29, 1.82) is 0 Å². The second-order valence-corrected chi connectivity index (χ2v) is 8.47. The molecule has 0 spiro atoms. The molecule has 0 atom stereocenters. The van der Waals surface area contributed by atoms with Crippen LogP contribution in [0, 0.1) is 0 Å². The molecule has 5 heteroatoms. The number of Topliss-reactive ketones (excluding diaryl/α,β-unsaturated/α-hetero) is 1. The van der Waals surface area contributed by atoms with Crippen LogP contribution in [0.5, 0.6) is 0 Å². The van der Waals surface area contributed by atoms with Crippen molar-refractivity contribution in [3.63, 3.8) is 0 Å². The molecule has 0 aromatic heterocycles. The Bertz CT molecular complexity index is 544. The van der Waals surface area contributed by atoms with E-state index in [4.69, 9.17) is 23.2 Å². The minimum absolute atomic E-state index is 0.315. The quantitative estimate of drug-likeness (QED) is 0.564. The largest absolute Gasteiger partial charge is 0.309 e. The van der Waals surface area contributed by atoms with Gasteiger partial charge in [0.15, 0.2) is 5.78 Å². The summed E-state index contributed by atoms with van der Waals surface area (Å²) in [5.41, 5.74) is 0.724. The molecule has 1 aliphatic carbocycles. The number of ketones is 1. The van der Waals surface area contributed by atoms with E-state index in [1.54, 1.807) is 17.8 Å². The SMILES string of the molecule is CN(C)CCCCSCC(=O)C1(c2ccc(Cl)c(Cl)c2)CCC1. The van der Waals surface area contributed by atoms with E-state index in [-0.39, 0.29) is 5.41 Å². The minimum atomic E-state index is -0.315. The number of hydrogen-bond acceptors (Lipinski definition) is 3. The van der Waals surface area contributed by atoms with Gasteiger partial charge >= 0.3 is 0 Å². The Balaban J connectivity index is 1.87. The van der Waals surface area contributed by atoms with Crippen LogP contribution in [-0.2, 0) is 10.2 Å². The van der Waals surface area contributed by atoms with Crippen molar-refractivity contribution >= 4 is 40.7 Å². The predicted molar refractivity (Wildman–Crippen MR) is 102 cm³/mol. The summed E-state index contributed by atoms with van der Waals surface area (Å²) >= 11 is 13.9. The van der Waals surface area contributed by atoms with E-state index in [1.165, 1.54) is 6.42 Å². The molecular weight excluding hydrogens is 349 g/mol. The van der Waals surface area contributed by atoms with Crippen LogP contribution in [-0.4, -0.2) is 42.8 Å². The lowest BCUT2D eigenvalue weighted by molar-refractivity contribution is -0.125. The maximum Gasteiger partial charge on any atom is 0.153 e. The maximum atomic E-state index is 12.8. The van der Waals surface area contributed by atoms with Crippen molar-refractivity contribution < 1.29 is 4.79 Å². The average molecular weight is 374 g/mol. The first-order chi connectivity index (χ1) is 11.0. The van der Waals surface area contributed by atoms with Crippen LogP contribution in [0.2, 0.25) is 10.0 Å². The number of unbranched alkanes of at least 4 members (excludes halogenated alkanes) is 1. The molecule has 0 aliphatic heterocycles. The van der Waals surface area contributed by atoms with Crippen LogP contribution >= 0.6 is 35.0 Å². The fourth-order valence-electron chi connectivity index (χ4n) is 2.99. The second kappa shape index (κ2) is 8.75. The van der Waals surface area contributed by atoms with Crippen LogP contribution in [0.15, 0.2) is 18.2 Å². The third kappa shape index (κ3) is 4.88. The molecule has 1 aromatic rings. The van der Waals surface area contributed by atoms with Crippen molar-refractivity contribution in [2.75, 3.05) is 32.1 Å². The van der Waals surface area contributed by atoms with Gasteiger partial charge in [-0.05, 0) is 69.8 Å². The normalized spacial score (nSPS) is 16.4. The van der Waals surface area contributed by atoms with Gasteiger partial charge in [-0.15, -0.1) is 0 Å². The van der Waals surface area contributed by atoms with Crippen LogP contribution in [0.4, 0.5) is 0 Å². The molecule has 0 saturated heterocycles. The Morgan fingerprint density at radius 2 is 1.96 bits per heavy atom. The molecule has 23 heavy (non-hydrogen) atoms. The molecule has 0 N–H and O–H groups in total. The summed E-state index contributed by atoms with van der Waals surface area (Å²) in [5.74, 6) is 2.00. The molecule has 2 rings (SSSR count). The number of carbonyl (C=O) groups is 1. The second-order valence-electron chi connectivity index (χ2n) is 6.55. The van der Waals surface area contributed by atoms with Crippen molar-refractivity contribution in [1.82, 2.24) is 4.90 Å². The highest BCUT2D eigenvalue weighted by Gasteiger charge is 2.44. The average Bonchev–Trinajstić information content (AvgIpc) is 2.45. The van der Waals surface area contributed by atoms with Gasteiger partial charge in [-0.1, -0.05) is 35.7 Å². The smallest absolute Gasteiger partial charge is 0.153 e. The van der Waals surface area contributed by atoms with Crippen molar-refractivity contribution in [3.05, 3.63) is 33.8 Å². The Kier molecular flexibility index (Phi) is 7.27. The molecule has 0 bridgehead atoms. The molecular formula is C18H25Cl2NOS. The van der Waals surface area contributed by atoms with Crippen LogP contribution in [0.25, 0.3) is 0 Å².